The number of carboxylic acid groups (broad SMARTS) is 1. The van der Waals surface area contributed by atoms with E-state index in [9.17, 15) is 14.4 Å². The maximum Gasteiger partial charge on any atom is 0.315 e. The van der Waals surface area contributed by atoms with Crippen molar-refractivity contribution >= 4 is 18.0 Å². The summed E-state index contributed by atoms with van der Waals surface area (Å²) in [6, 6.07) is -0.107. The minimum absolute atomic E-state index is 0.0747. The highest BCUT2D eigenvalue weighted by Crippen LogP contribution is 2.24. The largest absolute Gasteiger partial charge is 0.481 e. The van der Waals surface area contributed by atoms with Crippen LogP contribution in [0.3, 0.4) is 0 Å². The highest BCUT2D eigenvalue weighted by atomic mass is 16.5. The molecule has 1 aliphatic rings. The number of aliphatic carboxylic acids is 1. The minimum Gasteiger partial charge on any atom is -0.481 e. The first-order valence-electron chi connectivity index (χ1n) is 8.37. The van der Waals surface area contributed by atoms with E-state index in [1.165, 1.54) is 7.11 Å². The summed E-state index contributed by atoms with van der Waals surface area (Å²) >= 11 is 0. The zero-order chi connectivity index (χ0) is 17.1. The monoisotopic (exact) mass is 328 g/mol. The van der Waals surface area contributed by atoms with Crippen molar-refractivity contribution in [2.24, 2.45) is 5.92 Å². The first kappa shape index (κ1) is 19.3. The number of rotatable bonds is 9. The molecule has 0 heterocycles. The normalized spacial score (nSPS) is 20.6. The summed E-state index contributed by atoms with van der Waals surface area (Å²) in [6.07, 6.45) is 6.73. The van der Waals surface area contributed by atoms with Crippen molar-refractivity contribution in [1.82, 2.24) is 10.6 Å². The van der Waals surface area contributed by atoms with Crippen LogP contribution in [0, 0.1) is 5.92 Å². The Labute approximate surface area is 137 Å². The van der Waals surface area contributed by atoms with Crippen molar-refractivity contribution < 1.29 is 24.2 Å². The van der Waals surface area contributed by atoms with Crippen LogP contribution in [-0.4, -0.2) is 42.8 Å². The summed E-state index contributed by atoms with van der Waals surface area (Å²) in [5.74, 6) is -1.18. The number of amides is 2. The standard InChI is InChI=1S/C16H28N2O5/c1-23-14(19)6-4-2-3-5-11-17-16(22)18-13-9-7-12(8-10-13)15(20)21/h12-13H,2-11H2,1H3,(H,20,21)(H2,17,18,22). The molecule has 0 atom stereocenters. The van der Waals surface area contributed by atoms with E-state index in [0.29, 0.717) is 25.8 Å². The number of ether oxygens (including phenoxy) is 1. The Morgan fingerprint density at radius 3 is 2.30 bits per heavy atom. The molecule has 0 bridgehead atoms. The van der Waals surface area contributed by atoms with Gasteiger partial charge in [0.25, 0.3) is 0 Å². The number of esters is 1. The molecule has 7 heteroatoms. The Morgan fingerprint density at radius 1 is 1.04 bits per heavy atom. The Morgan fingerprint density at radius 2 is 1.70 bits per heavy atom. The topological polar surface area (TPSA) is 105 Å². The van der Waals surface area contributed by atoms with Gasteiger partial charge in [-0.25, -0.2) is 4.79 Å². The molecular formula is C16H28N2O5. The molecule has 23 heavy (non-hydrogen) atoms. The third kappa shape index (κ3) is 8.42. The Hall–Kier alpha value is -1.79. The zero-order valence-electron chi connectivity index (χ0n) is 13.8. The van der Waals surface area contributed by atoms with Crippen LogP contribution >= 0.6 is 0 Å². The molecule has 0 aromatic carbocycles. The number of unbranched alkanes of at least 4 members (excludes halogenated alkanes) is 3. The number of hydrogen-bond donors (Lipinski definition) is 3. The molecule has 0 aromatic rings. The highest BCUT2D eigenvalue weighted by Gasteiger charge is 2.26. The van der Waals surface area contributed by atoms with Gasteiger partial charge in [0.05, 0.1) is 13.0 Å². The number of carboxylic acids is 1. The molecule has 132 valence electrons. The smallest absolute Gasteiger partial charge is 0.315 e. The van der Waals surface area contributed by atoms with E-state index in [1.54, 1.807) is 0 Å². The van der Waals surface area contributed by atoms with E-state index < -0.39 is 5.97 Å². The molecule has 1 rings (SSSR count). The second kappa shape index (κ2) is 10.9. The number of methoxy groups -OCH3 is 1. The molecule has 0 unspecified atom stereocenters. The average molecular weight is 328 g/mol. The van der Waals surface area contributed by atoms with Crippen molar-refractivity contribution in [3.05, 3.63) is 0 Å². The van der Waals surface area contributed by atoms with Gasteiger partial charge in [-0.05, 0) is 38.5 Å². The molecule has 2 amide bonds. The lowest BCUT2D eigenvalue weighted by Gasteiger charge is -2.26. The molecule has 0 spiro atoms. The van der Waals surface area contributed by atoms with Crippen LogP contribution in [0.15, 0.2) is 0 Å². The molecule has 7 nitrogen and oxygen atoms in total. The minimum atomic E-state index is -0.736. The molecule has 0 saturated heterocycles. The van der Waals surface area contributed by atoms with Crippen LogP contribution in [0.4, 0.5) is 4.79 Å². The van der Waals surface area contributed by atoms with Crippen LogP contribution < -0.4 is 10.6 Å². The number of nitrogens with one attached hydrogen (secondary N) is 2. The van der Waals surface area contributed by atoms with Gasteiger partial charge in [-0.2, -0.15) is 0 Å². The van der Waals surface area contributed by atoms with Crippen LogP contribution in [0.2, 0.25) is 0 Å². The predicted octanol–water partition coefficient (Wildman–Crippen LogP) is 2.05. The molecule has 0 aliphatic heterocycles. The van der Waals surface area contributed by atoms with Gasteiger partial charge < -0.3 is 20.5 Å². The highest BCUT2D eigenvalue weighted by molar-refractivity contribution is 5.74. The molecule has 1 saturated carbocycles. The number of carbonyl (C=O) groups excluding carboxylic acids is 2. The number of urea groups is 1. The fourth-order valence-corrected chi connectivity index (χ4v) is 2.77. The summed E-state index contributed by atoms with van der Waals surface area (Å²) in [7, 11) is 1.39. The summed E-state index contributed by atoms with van der Waals surface area (Å²) < 4.78 is 4.56. The first-order valence-corrected chi connectivity index (χ1v) is 8.37. The first-order chi connectivity index (χ1) is 11.0. The van der Waals surface area contributed by atoms with E-state index in [-0.39, 0.29) is 24.0 Å². The maximum atomic E-state index is 11.7. The Balaban J connectivity index is 1.99. The van der Waals surface area contributed by atoms with Gasteiger partial charge in [-0.3, -0.25) is 9.59 Å². The quantitative estimate of drug-likeness (QED) is 0.444. The van der Waals surface area contributed by atoms with Gasteiger partial charge >= 0.3 is 18.0 Å². The summed E-state index contributed by atoms with van der Waals surface area (Å²) in [4.78, 5) is 33.5. The van der Waals surface area contributed by atoms with E-state index in [0.717, 1.165) is 38.5 Å². The maximum absolute atomic E-state index is 11.7. The molecule has 0 radical (unpaired) electrons. The third-order valence-corrected chi connectivity index (χ3v) is 4.23. The van der Waals surface area contributed by atoms with Gasteiger partial charge in [0, 0.05) is 19.0 Å². The van der Waals surface area contributed by atoms with Crippen molar-refractivity contribution in [1.29, 1.82) is 0 Å². The summed E-state index contributed by atoms with van der Waals surface area (Å²) in [5, 5.41) is 14.6. The van der Waals surface area contributed by atoms with Gasteiger partial charge in [0.2, 0.25) is 0 Å². The SMILES string of the molecule is COC(=O)CCCCCCNC(=O)NC1CCC(C(=O)O)CC1. The molecule has 3 N–H and O–H groups in total. The lowest BCUT2D eigenvalue weighted by Crippen LogP contribution is -2.44. The van der Waals surface area contributed by atoms with Crippen molar-refractivity contribution in [3.8, 4) is 0 Å². The summed E-state index contributed by atoms with van der Waals surface area (Å²) in [6.45, 7) is 0.606. The lowest BCUT2D eigenvalue weighted by atomic mass is 9.86. The second-order valence-electron chi connectivity index (χ2n) is 6.03. The fraction of sp³-hybridized carbons (Fsp3) is 0.812. The molecule has 0 aromatic heterocycles. The average Bonchev–Trinajstić information content (AvgIpc) is 2.54. The number of hydrogen-bond acceptors (Lipinski definition) is 4. The van der Waals surface area contributed by atoms with Crippen molar-refractivity contribution in [3.63, 3.8) is 0 Å². The molecule has 1 aliphatic carbocycles. The van der Waals surface area contributed by atoms with Gasteiger partial charge in [-0.1, -0.05) is 12.8 Å². The zero-order valence-corrected chi connectivity index (χ0v) is 13.8. The predicted molar refractivity (Wildman–Crippen MR) is 85.0 cm³/mol. The van der Waals surface area contributed by atoms with Gasteiger partial charge in [0.15, 0.2) is 0 Å². The van der Waals surface area contributed by atoms with E-state index in [4.69, 9.17) is 5.11 Å². The fourth-order valence-electron chi connectivity index (χ4n) is 2.77. The van der Waals surface area contributed by atoms with E-state index >= 15 is 0 Å². The van der Waals surface area contributed by atoms with E-state index in [2.05, 4.69) is 15.4 Å². The van der Waals surface area contributed by atoms with Gasteiger partial charge in [-0.15, -0.1) is 0 Å². The van der Waals surface area contributed by atoms with Crippen LogP contribution in [0.5, 0.6) is 0 Å². The van der Waals surface area contributed by atoms with Crippen LogP contribution in [0.25, 0.3) is 0 Å². The summed E-state index contributed by atoms with van der Waals surface area (Å²) in [5.41, 5.74) is 0. The Kier molecular flexibility index (Phi) is 9.09. The lowest BCUT2D eigenvalue weighted by molar-refractivity contribution is -0.143. The molecule has 1 fully saturated rings. The van der Waals surface area contributed by atoms with E-state index in [1.807, 2.05) is 0 Å². The molecular weight excluding hydrogens is 300 g/mol. The van der Waals surface area contributed by atoms with Gasteiger partial charge in [0.1, 0.15) is 0 Å². The van der Waals surface area contributed by atoms with Crippen LogP contribution in [-0.2, 0) is 14.3 Å². The van der Waals surface area contributed by atoms with Crippen molar-refractivity contribution in [2.45, 2.75) is 63.8 Å². The third-order valence-electron chi connectivity index (χ3n) is 4.23. The number of carbonyl (C=O) groups is 3. The van der Waals surface area contributed by atoms with Crippen LogP contribution in [0.1, 0.15) is 57.8 Å². The Bertz CT molecular complexity index is 392. The second-order valence-corrected chi connectivity index (χ2v) is 6.03. The van der Waals surface area contributed by atoms with Crippen molar-refractivity contribution in [2.75, 3.05) is 13.7 Å².